The maximum atomic E-state index is 9.62. The van der Waals surface area contributed by atoms with E-state index < -0.39 is 11.4 Å². The van der Waals surface area contributed by atoms with Crippen LogP contribution in [-0.2, 0) is 9.47 Å². The summed E-state index contributed by atoms with van der Waals surface area (Å²) in [6.07, 6.45) is 2.67. The van der Waals surface area contributed by atoms with Crippen molar-refractivity contribution in [2.75, 3.05) is 6.61 Å². The van der Waals surface area contributed by atoms with Crippen LogP contribution in [0.5, 0.6) is 0 Å². The van der Waals surface area contributed by atoms with Gasteiger partial charge in [-0.1, -0.05) is 0 Å². The number of hydrogen-bond acceptors (Lipinski definition) is 3. The molecule has 1 heterocycles. The molecule has 12 heavy (non-hydrogen) atoms. The zero-order valence-corrected chi connectivity index (χ0v) is 7.67. The van der Waals surface area contributed by atoms with Crippen LogP contribution in [-0.4, -0.2) is 29.2 Å². The minimum absolute atomic E-state index is 0.0903. The third-order valence-corrected chi connectivity index (χ3v) is 2.50. The zero-order chi connectivity index (χ0) is 8.82. The van der Waals surface area contributed by atoms with E-state index >= 15 is 0 Å². The first kappa shape index (κ1) is 8.48. The Morgan fingerprint density at radius 1 is 1.42 bits per heavy atom. The second kappa shape index (κ2) is 2.44. The molecule has 70 valence electrons. The summed E-state index contributed by atoms with van der Waals surface area (Å²) in [6.45, 7) is 4.43. The Kier molecular flexibility index (Phi) is 1.72. The molecule has 1 aliphatic carbocycles. The highest BCUT2D eigenvalue weighted by molar-refractivity contribution is 4.96. The van der Waals surface area contributed by atoms with Gasteiger partial charge in [-0.3, -0.25) is 0 Å². The molecule has 1 saturated carbocycles. The third kappa shape index (κ3) is 1.79. The average molecular weight is 172 g/mol. The van der Waals surface area contributed by atoms with Crippen LogP contribution >= 0.6 is 0 Å². The minimum Gasteiger partial charge on any atom is -0.390 e. The Bertz CT molecular complexity index is 184. The molecular formula is C9H16O3. The monoisotopic (exact) mass is 172 g/mol. The Labute approximate surface area is 72.7 Å². The summed E-state index contributed by atoms with van der Waals surface area (Å²) >= 11 is 0. The van der Waals surface area contributed by atoms with Crippen molar-refractivity contribution in [3.8, 4) is 0 Å². The normalized spacial score (nSPS) is 36.8. The van der Waals surface area contributed by atoms with Gasteiger partial charge in [0.25, 0.3) is 0 Å². The summed E-state index contributed by atoms with van der Waals surface area (Å²) in [5, 5.41) is 9.62. The second-order valence-corrected chi connectivity index (χ2v) is 4.38. The molecule has 0 aromatic rings. The van der Waals surface area contributed by atoms with Crippen LogP contribution in [0, 0.1) is 0 Å². The third-order valence-electron chi connectivity index (χ3n) is 2.50. The quantitative estimate of drug-likeness (QED) is 0.676. The Morgan fingerprint density at radius 2 is 2.08 bits per heavy atom. The largest absolute Gasteiger partial charge is 0.390 e. The first-order valence-corrected chi connectivity index (χ1v) is 4.53. The predicted octanol–water partition coefficient (Wildman–Crippen LogP) is 1.05. The fourth-order valence-electron chi connectivity index (χ4n) is 1.64. The second-order valence-electron chi connectivity index (χ2n) is 4.38. The summed E-state index contributed by atoms with van der Waals surface area (Å²) in [5.74, 6) is -0.448. The van der Waals surface area contributed by atoms with E-state index in [0.717, 1.165) is 19.3 Å². The molecule has 0 aromatic carbocycles. The van der Waals surface area contributed by atoms with E-state index in [1.54, 1.807) is 0 Å². The van der Waals surface area contributed by atoms with Gasteiger partial charge in [-0.25, -0.2) is 0 Å². The van der Waals surface area contributed by atoms with Gasteiger partial charge in [0.15, 0.2) is 5.79 Å². The van der Waals surface area contributed by atoms with Crippen molar-refractivity contribution in [3.05, 3.63) is 0 Å². The highest BCUT2D eigenvalue weighted by atomic mass is 16.7. The molecule has 1 N–H and O–H groups in total. The predicted molar refractivity (Wildman–Crippen MR) is 43.7 cm³/mol. The van der Waals surface area contributed by atoms with Crippen LogP contribution < -0.4 is 0 Å². The molecule has 0 radical (unpaired) electrons. The Hall–Kier alpha value is -0.120. The lowest BCUT2D eigenvalue weighted by Gasteiger charge is -2.18. The van der Waals surface area contributed by atoms with E-state index in [9.17, 15) is 5.11 Å². The Balaban J connectivity index is 1.84. The van der Waals surface area contributed by atoms with Crippen LogP contribution in [0.3, 0.4) is 0 Å². The van der Waals surface area contributed by atoms with E-state index in [2.05, 4.69) is 0 Å². The summed E-state index contributed by atoms with van der Waals surface area (Å²) in [4.78, 5) is 0. The maximum absolute atomic E-state index is 9.62. The number of ether oxygens (including phenoxy) is 2. The first-order chi connectivity index (χ1) is 5.49. The van der Waals surface area contributed by atoms with Crippen molar-refractivity contribution >= 4 is 0 Å². The standard InChI is InChI=1S/C9H16O3/c1-8(2)11-6-7(12-8)5-9(10)3-4-9/h7,10H,3-6H2,1-2H3/t7-/m0/s1. The fraction of sp³-hybridized carbons (Fsp3) is 1.00. The molecular weight excluding hydrogens is 156 g/mol. The molecule has 0 aromatic heterocycles. The van der Waals surface area contributed by atoms with Gasteiger partial charge in [0.05, 0.1) is 18.3 Å². The smallest absolute Gasteiger partial charge is 0.163 e. The van der Waals surface area contributed by atoms with Gasteiger partial charge in [-0.2, -0.15) is 0 Å². The molecule has 0 unspecified atom stereocenters. The summed E-state index contributed by atoms with van der Waals surface area (Å²) in [7, 11) is 0. The van der Waals surface area contributed by atoms with Crippen molar-refractivity contribution in [1.82, 2.24) is 0 Å². The lowest BCUT2D eigenvalue weighted by molar-refractivity contribution is -0.142. The van der Waals surface area contributed by atoms with Crippen LogP contribution in [0.4, 0.5) is 0 Å². The van der Waals surface area contributed by atoms with Crippen molar-refractivity contribution in [2.45, 2.75) is 50.6 Å². The summed E-state index contributed by atoms with van der Waals surface area (Å²) < 4.78 is 11.0. The van der Waals surface area contributed by atoms with Crippen LogP contribution in [0.15, 0.2) is 0 Å². The van der Waals surface area contributed by atoms with Gasteiger partial charge < -0.3 is 14.6 Å². The number of hydrogen-bond donors (Lipinski definition) is 1. The van der Waals surface area contributed by atoms with Crippen molar-refractivity contribution in [2.24, 2.45) is 0 Å². The van der Waals surface area contributed by atoms with Crippen molar-refractivity contribution in [3.63, 3.8) is 0 Å². The fourth-order valence-corrected chi connectivity index (χ4v) is 1.64. The molecule has 2 fully saturated rings. The van der Waals surface area contributed by atoms with Gasteiger partial charge in [-0.15, -0.1) is 0 Å². The maximum Gasteiger partial charge on any atom is 0.163 e. The lowest BCUT2D eigenvalue weighted by atomic mass is 10.1. The molecule has 3 nitrogen and oxygen atoms in total. The van der Waals surface area contributed by atoms with Crippen LogP contribution in [0.2, 0.25) is 0 Å². The summed E-state index contributed by atoms with van der Waals surface area (Å²) in [6, 6.07) is 0. The molecule has 0 spiro atoms. The average Bonchev–Trinajstić information content (AvgIpc) is 2.53. The lowest BCUT2D eigenvalue weighted by Crippen LogP contribution is -2.24. The van der Waals surface area contributed by atoms with E-state index in [1.807, 2.05) is 13.8 Å². The van der Waals surface area contributed by atoms with Gasteiger partial charge >= 0.3 is 0 Å². The van der Waals surface area contributed by atoms with Crippen LogP contribution in [0.25, 0.3) is 0 Å². The van der Waals surface area contributed by atoms with Crippen molar-refractivity contribution < 1.29 is 14.6 Å². The molecule has 1 saturated heterocycles. The molecule has 0 amide bonds. The molecule has 0 bridgehead atoms. The zero-order valence-electron chi connectivity index (χ0n) is 7.67. The minimum atomic E-state index is -0.448. The summed E-state index contributed by atoms with van der Waals surface area (Å²) in [5.41, 5.74) is -0.422. The van der Waals surface area contributed by atoms with E-state index in [0.29, 0.717) is 6.61 Å². The molecule has 2 rings (SSSR count). The van der Waals surface area contributed by atoms with Gasteiger partial charge in [0.2, 0.25) is 0 Å². The van der Waals surface area contributed by atoms with E-state index in [-0.39, 0.29) is 6.10 Å². The molecule has 2 aliphatic rings. The Morgan fingerprint density at radius 3 is 2.50 bits per heavy atom. The van der Waals surface area contributed by atoms with E-state index in [4.69, 9.17) is 9.47 Å². The SMILES string of the molecule is CC1(C)OC[C@H](CC2(O)CC2)O1. The molecule has 3 heteroatoms. The van der Waals surface area contributed by atoms with Gasteiger partial charge in [0.1, 0.15) is 0 Å². The van der Waals surface area contributed by atoms with Gasteiger partial charge in [0, 0.05) is 6.42 Å². The highest BCUT2D eigenvalue weighted by Crippen LogP contribution is 2.41. The number of rotatable bonds is 2. The van der Waals surface area contributed by atoms with Gasteiger partial charge in [-0.05, 0) is 26.7 Å². The number of aliphatic hydroxyl groups is 1. The first-order valence-electron chi connectivity index (χ1n) is 4.53. The molecule has 1 atom stereocenters. The van der Waals surface area contributed by atoms with E-state index in [1.165, 1.54) is 0 Å². The van der Waals surface area contributed by atoms with Crippen molar-refractivity contribution in [1.29, 1.82) is 0 Å². The molecule has 1 aliphatic heterocycles. The topological polar surface area (TPSA) is 38.7 Å². The highest BCUT2D eigenvalue weighted by Gasteiger charge is 2.45. The van der Waals surface area contributed by atoms with Crippen LogP contribution in [0.1, 0.15) is 33.1 Å².